The molecule has 1 N–H and O–H groups in total. The second-order valence-electron chi connectivity index (χ2n) is 7.10. The summed E-state index contributed by atoms with van der Waals surface area (Å²) in [7, 11) is -3.94. The largest absolute Gasteiger partial charge is 0.299 e. The van der Waals surface area contributed by atoms with E-state index in [9.17, 15) is 23.3 Å². The Balaban J connectivity index is 1.76. The normalized spacial score (nSPS) is 12.2. The number of benzene rings is 2. The predicted octanol–water partition coefficient (Wildman–Crippen LogP) is 3.84. The monoisotopic (exact) mass is 507 g/mol. The molecule has 0 spiro atoms. The maximum Gasteiger partial charge on any atom is 0.271 e. The van der Waals surface area contributed by atoms with Crippen LogP contribution in [0.4, 0.5) is 16.5 Å². The number of aromatic nitrogens is 2. The average Bonchev–Trinajstić information content (AvgIpc) is 3.20. The topological polar surface area (TPSA) is 135 Å². The number of carbonyl (C=O) groups excluding carboxylic acids is 1. The minimum atomic E-state index is -3.94. The molecule has 13 heteroatoms. The molecule has 0 unspecified atom stereocenters. The van der Waals surface area contributed by atoms with E-state index in [1.165, 1.54) is 42.2 Å². The van der Waals surface area contributed by atoms with Crippen molar-refractivity contribution in [2.45, 2.75) is 30.0 Å². The number of aryl methyl sites for hydroxylation is 1. The summed E-state index contributed by atoms with van der Waals surface area (Å²) in [4.78, 5) is 23.4. The minimum absolute atomic E-state index is 0.0609. The number of carbonyl (C=O) groups is 1. The Morgan fingerprint density at radius 1 is 1.24 bits per heavy atom. The van der Waals surface area contributed by atoms with Crippen LogP contribution in [0, 0.1) is 17.0 Å². The SMILES string of the molecule is Cc1ccc([N+](=O)[O-])cc1N([C@@H](C)C(=O)Nc1nnc(SCc2ccccc2)s1)S(C)(=O)=O. The van der Waals surface area contributed by atoms with E-state index in [1.807, 2.05) is 30.3 Å². The lowest BCUT2D eigenvalue weighted by molar-refractivity contribution is -0.384. The summed E-state index contributed by atoms with van der Waals surface area (Å²) in [6.45, 7) is 3.02. The highest BCUT2D eigenvalue weighted by Gasteiger charge is 2.31. The summed E-state index contributed by atoms with van der Waals surface area (Å²) in [5.41, 5.74) is 1.38. The molecule has 2 aromatic carbocycles. The van der Waals surface area contributed by atoms with Crippen LogP contribution in [0.1, 0.15) is 18.1 Å². The molecule has 1 aromatic heterocycles. The number of rotatable bonds is 9. The molecule has 0 aliphatic heterocycles. The molecule has 3 rings (SSSR count). The first-order valence-corrected chi connectivity index (χ1v) is 13.3. The first-order chi connectivity index (χ1) is 15.6. The van der Waals surface area contributed by atoms with Crippen molar-refractivity contribution in [3.05, 3.63) is 69.8 Å². The molecule has 1 atom stereocenters. The molecular weight excluding hydrogens is 486 g/mol. The van der Waals surface area contributed by atoms with Gasteiger partial charge in [0.25, 0.3) is 5.69 Å². The van der Waals surface area contributed by atoms with Crippen LogP contribution in [0.2, 0.25) is 0 Å². The highest BCUT2D eigenvalue weighted by molar-refractivity contribution is 8.00. The number of non-ortho nitro benzene ring substituents is 1. The van der Waals surface area contributed by atoms with Gasteiger partial charge in [0.15, 0.2) is 4.34 Å². The van der Waals surface area contributed by atoms with Gasteiger partial charge in [-0.25, -0.2) is 8.42 Å². The summed E-state index contributed by atoms with van der Waals surface area (Å²) in [5.74, 6) is 0.0513. The van der Waals surface area contributed by atoms with Crippen LogP contribution in [0.25, 0.3) is 0 Å². The third kappa shape index (κ3) is 6.27. The van der Waals surface area contributed by atoms with Crippen LogP contribution in [0.15, 0.2) is 52.9 Å². The Labute approximate surface area is 199 Å². The summed E-state index contributed by atoms with van der Waals surface area (Å²) in [6.07, 6.45) is 0.943. The van der Waals surface area contributed by atoms with Gasteiger partial charge in [-0.15, -0.1) is 10.2 Å². The summed E-state index contributed by atoms with van der Waals surface area (Å²) >= 11 is 2.64. The lowest BCUT2D eigenvalue weighted by Gasteiger charge is -2.29. The van der Waals surface area contributed by atoms with Crippen molar-refractivity contribution in [3.8, 4) is 0 Å². The molecule has 0 saturated carbocycles. The van der Waals surface area contributed by atoms with E-state index in [0.29, 0.717) is 15.7 Å². The van der Waals surface area contributed by atoms with Gasteiger partial charge in [-0.05, 0) is 25.0 Å². The molecule has 1 heterocycles. The lowest BCUT2D eigenvalue weighted by atomic mass is 10.1. The van der Waals surface area contributed by atoms with Crippen LogP contribution < -0.4 is 9.62 Å². The highest BCUT2D eigenvalue weighted by atomic mass is 32.2. The lowest BCUT2D eigenvalue weighted by Crippen LogP contribution is -2.45. The van der Waals surface area contributed by atoms with Crippen LogP contribution in [-0.4, -0.2) is 41.7 Å². The number of nitrogens with one attached hydrogen (secondary N) is 1. The number of hydrogen-bond acceptors (Lipinski definition) is 9. The van der Waals surface area contributed by atoms with Gasteiger partial charge in [0.1, 0.15) is 6.04 Å². The summed E-state index contributed by atoms with van der Waals surface area (Å²) in [5, 5.41) is 22.0. The standard InChI is InChI=1S/C20H21N5O5S3/c1-13-9-10-16(25(27)28)11-17(13)24(33(3,29)30)14(2)18(26)21-19-22-23-20(32-19)31-12-15-7-5-4-6-8-15/h4-11,14H,12H2,1-3H3,(H,21,22,26)/t14-/m0/s1. The van der Waals surface area contributed by atoms with Crippen LogP contribution in [0.3, 0.4) is 0 Å². The van der Waals surface area contributed by atoms with Crippen molar-refractivity contribution in [1.29, 1.82) is 0 Å². The van der Waals surface area contributed by atoms with Crippen LogP contribution >= 0.6 is 23.1 Å². The number of nitrogens with zero attached hydrogens (tertiary/aromatic N) is 4. The van der Waals surface area contributed by atoms with Gasteiger partial charge in [-0.2, -0.15) is 0 Å². The molecule has 33 heavy (non-hydrogen) atoms. The Kier molecular flexibility index (Phi) is 7.66. The summed E-state index contributed by atoms with van der Waals surface area (Å²) < 4.78 is 26.6. The van der Waals surface area contributed by atoms with E-state index < -0.39 is 26.9 Å². The third-order valence-electron chi connectivity index (χ3n) is 4.57. The second-order valence-corrected chi connectivity index (χ2v) is 11.2. The number of nitro groups is 1. The van der Waals surface area contributed by atoms with E-state index in [-0.39, 0.29) is 16.5 Å². The van der Waals surface area contributed by atoms with E-state index in [1.54, 1.807) is 6.92 Å². The van der Waals surface area contributed by atoms with E-state index in [2.05, 4.69) is 15.5 Å². The molecule has 0 aliphatic carbocycles. The fourth-order valence-corrected chi connectivity index (χ4v) is 5.91. The van der Waals surface area contributed by atoms with Crippen molar-refractivity contribution in [2.75, 3.05) is 15.9 Å². The van der Waals surface area contributed by atoms with E-state index in [4.69, 9.17) is 0 Å². The number of nitro benzene ring substituents is 1. The minimum Gasteiger partial charge on any atom is -0.299 e. The molecule has 0 bridgehead atoms. The molecular formula is C20H21N5O5S3. The zero-order valence-electron chi connectivity index (χ0n) is 18.0. The van der Waals surface area contributed by atoms with Crippen molar-refractivity contribution < 1.29 is 18.1 Å². The molecule has 3 aromatic rings. The number of hydrogen-bond donors (Lipinski definition) is 1. The zero-order valence-corrected chi connectivity index (χ0v) is 20.4. The molecule has 0 aliphatic rings. The quantitative estimate of drug-likeness (QED) is 0.200. The number of sulfonamides is 1. The fourth-order valence-electron chi connectivity index (χ4n) is 2.98. The van der Waals surface area contributed by atoms with E-state index in [0.717, 1.165) is 22.2 Å². The molecule has 174 valence electrons. The average molecular weight is 508 g/mol. The first-order valence-electron chi connectivity index (χ1n) is 9.62. The van der Waals surface area contributed by atoms with Crippen molar-refractivity contribution >= 4 is 55.5 Å². The van der Waals surface area contributed by atoms with Crippen molar-refractivity contribution in [1.82, 2.24) is 10.2 Å². The molecule has 0 radical (unpaired) electrons. The van der Waals surface area contributed by atoms with Crippen LogP contribution in [0.5, 0.6) is 0 Å². The van der Waals surface area contributed by atoms with Gasteiger partial charge in [0, 0.05) is 17.9 Å². The Morgan fingerprint density at radius 2 is 1.94 bits per heavy atom. The fraction of sp³-hybridized carbons (Fsp3) is 0.250. The third-order valence-corrected chi connectivity index (χ3v) is 7.84. The van der Waals surface area contributed by atoms with Crippen molar-refractivity contribution in [3.63, 3.8) is 0 Å². The number of amides is 1. The second kappa shape index (κ2) is 10.3. The summed E-state index contributed by atoms with van der Waals surface area (Å²) in [6, 6.07) is 12.5. The molecule has 0 saturated heterocycles. The van der Waals surface area contributed by atoms with Gasteiger partial charge in [-0.1, -0.05) is 59.5 Å². The Bertz CT molecular complexity index is 1260. The Hall–Kier alpha value is -3.03. The van der Waals surface area contributed by atoms with Gasteiger partial charge in [0.2, 0.25) is 21.1 Å². The zero-order chi connectivity index (χ0) is 24.2. The smallest absolute Gasteiger partial charge is 0.271 e. The van der Waals surface area contributed by atoms with Gasteiger partial charge < -0.3 is 0 Å². The van der Waals surface area contributed by atoms with Gasteiger partial charge >= 0.3 is 0 Å². The van der Waals surface area contributed by atoms with Gasteiger partial charge in [0.05, 0.1) is 16.9 Å². The molecule has 10 nitrogen and oxygen atoms in total. The number of anilines is 2. The highest BCUT2D eigenvalue weighted by Crippen LogP contribution is 2.31. The first kappa shape index (κ1) is 24.6. The number of thioether (sulfide) groups is 1. The van der Waals surface area contributed by atoms with Crippen molar-refractivity contribution in [2.24, 2.45) is 0 Å². The van der Waals surface area contributed by atoms with E-state index >= 15 is 0 Å². The van der Waals surface area contributed by atoms with Gasteiger partial charge in [-0.3, -0.25) is 24.5 Å². The van der Waals surface area contributed by atoms with Crippen LogP contribution in [-0.2, 0) is 20.6 Å². The predicted molar refractivity (Wildman–Crippen MR) is 129 cm³/mol. The maximum atomic E-state index is 12.9. The maximum absolute atomic E-state index is 12.9. The Morgan fingerprint density at radius 3 is 2.58 bits per heavy atom. The molecule has 1 amide bonds. The molecule has 0 fully saturated rings.